The van der Waals surface area contributed by atoms with Crippen LogP contribution in [-0.4, -0.2) is 101 Å². The standard InChI is InChI=1S/C46H55N9O3/c1-31-25-34(44-29-53(23-24-58-44)42-27-39(49-50-45(42)47)37-7-3-4-10-43(37)56)11-12-36(31)46(57)52-21-13-33(14-22-52)28-51-19-15-35(16-20-51)55-32(2)26-38-40(8-5-9-41(38)55)54-18-6-17-48-30-54/h3-12,18,25-27,33,35,44,48,56H,13-17,19-24,28-30H2,1-2H3,(H2,47,50)/t44-/m1/s1. The van der Waals surface area contributed by atoms with Gasteiger partial charge in [-0.3, -0.25) is 10.1 Å². The fraction of sp³-hybridized carbons (Fsp3) is 0.413. The highest BCUT2D eigenvalue weighted by Crippen LogP contribution is 2.37. The third-order valence-electron chi connectivity index (χ3n) is 12.8. The third-order valence-corrected chi connectivity index (χ3v) is 12.8. The summed E-state index contributed by atoms with van der Waals surface area (Å²) in [6, 6.07) is 24.7. The van der Waals surface area contributed by atoms with Gasteiger partial charge < -0.3 is 39.7 Å². The number of rotatable bonds is 8. The summed E-state index contributed by atoms with van der Waals surface area (Å²) in [5.41, 5.74) is 14.9. The van der Waals surface area contributed by atoms with Crippen molar-refractivity contribution < 1.29 is 14.6 Å². The van der Waals surface area contributed by atoms with E-state index in [1.54, 1.807) is 12.1 Å². The fourth-order valence-electron chi connectivity index (χ4n) is 9.65. The number of para-hydroxylation sites is 1. The van der Waals surface area contributed by atoms with Gasteiger partial charge in [0, 0.05) is 86.8 Å². The summed E-state index contributed by atoms with van der Waals surface area (Å²) in [4.78, 5) is 23.0. The first kappa shape index (κ1) is 38.1. The molecule has 6 heterocycles. The van der Waals surface area contributed by atoms with Crippen molar-refractivity contribution in [2.75, 3.05) is 81.2 Å². The Labute approximate surface area is 340 Å². The predicted molar refractivity (Wildman–Crippen MR) is 230 cm³/mol. The lowest BCUT2D eigenvalue weighted by molar-refractivity contribution is 0.0397. The van der Waals surface area contributed by atoms with Crippen LogP contribution in [0.25, 0.3) is 22.2 Å². The number of ether oxygens (including phenoxy) is 1. The summed E-state index contributed by atoms with van der Waals surface area (Å²) in [7, 11) is 0. The average molecular weight is 782 g/mol. The number of likely N-dealkylation sites (tertiary alicyclic amines) is 2. The second kappa shape index (κ2) is 16.4. The largest absolute Gasteiger partial charge is 0.507 e. The van der Waals surface area contributed by atoms with Crippen molar-refractivity contribution in [3.8, 4) is 17.0 Å². The summed E-state index contributed by atoms with van der Waals surface area (Å²) < 4.78 is 8.84. The highest BCUT2D eigenvalue weighted by molar-refractivity contribution is 5.96. The van der Waals surface area contributed by atoms with E-state index < -0.39 is 0 Å². The van der Waals surface area contributed by atoms with Crippen molar-refractivity contribution in [3.63, 3.8) is 0 Å². The van der Waals surface area contributed by atoms with Crippen molar-refractivity contribution in [1.82, 2.24) is 29.9 Å². The van der Waals surface area contributed by atoms with Gasteiger partial charge in [0.15, 0.2) is 5.82 Å². The Morgan fingerprint density at radius 1 is 0.914 bits per heavy atom. The first-order valence-electron chi connectivity index (χ1n) is 21.0. The van der Waals surface area contributed by atoms with Gasteiger partial charge in [0.1, 0.15) is 11.9 Å². The van der Waals surface area contributed by atoms with Crippen LogP contribution in [0.1, 0.15) is 65.0 Å². The molecule has 0 bridgehead atoms. The molecule has 3 saturated heterocycles. The first-order valence-corrected chi connectivity index (χ1v) is 21.0. The molecule has 4 N–H and O–H groups in total. The van der Waals surface area contributed by atoms with Crippen molar-refractivity contribution in [3.05, 3.63) is 107 Å². The van der Waals surface area contributed by atoms with Crippen LogP contribution < -0.4 is 20.9 Å². The molecule has 2 aromatic heterocycles. The molecule has 4 aliphatic rings. The van der Waals surface area contributed by atoms with Crippen molar-refractivity contribution in [2.24, 2.45) is 5.92 Å². The Kier molecular flexibility index (Phi) is 10.8. The summed E-state index contributed by atoms with van der Waals surface area (Å²) in [6.07, 6.45) is 8.58. The Bertz CT molecular complexity index is 2310. The number of amides is 1. The summed E-state index contributed by atoms with van der Waals surface area (Å²) in [5, 5.41) is 23.6. The molecule has 0 unspecified atom stereocenters. The topological polar surface area (TPSA) is 128 Å². The molecule has 5 aromatic rings. The molecule has 4 aliphatic heterocycles. The van der Waals surface area contributed by atoms with Crippen LogP contribution in [-0.2, 0) is 4.74 Å². The quantitative estimate of drug-likeness (QED) is 0.158. The lowest BCUT2D eigenvalue weighted by Gasteiger charge is -2.38. The third kappa shape index (κ3) is 7.64. The van der Waals surface area contributed by atoms with Gasteiger partial charge in [0.25, 0.3) is 5.91 Å². The average Bonchev–Trinajstić information content (AvgIpc) is 3.60. The zero-order valence-electron chi connectivity index (χ0n) is 33.7. The smallest absolute Gasteiger partial charge is 0.254 e. The van der Waals surface area contributed by atoms with Gasteiger partial charge >= 0.3 is 0 Å². The van der Waals surface area contributed by atoms with Crippen LogP contribution in [0.3, 0.4) is 0 Å². The summed E-state index contributed by atoms with van der Waals surface area (Å²) in [5.74, 6) is 1.20. The Balaban J connectivity index is 0.778. The van der Waals surface area contributed by atoms with Gasteiger partial charge in [0.05, 0.1) is 35.9 Å². The van der Waals surface area contributed by atoms with E-state index in [1.165, 1.54) is 22.3 Å². The zero-order valence-corrected chi connectivity index (χ0v) is 33.7. The number of benzene rings is 3. The second-order valence-corrected chi connectivity index (χ2v) is 16.5. The van der Waals surface area contributed by atoms with E-state index >= 15 is 0 Å². The number of nitrogens with two attached hydrogens (primary N) is 1. The predicted octanol–water partition coefficient (Wildman–Crippen LogP) is 6.65. The minimum atomic E-state index is -0.196. The lowest BCUT2D eigenvalue weighted by atomic mass is 9.93. The Hall–Kier alpha value is -5.43. The van der Waals surface area contributed by atoms with Gasteiger partial charge in [-0.15, -0.1) is 10.2 Å². The molecule has 302 valence electrons. The zero-order chi connectivity index (χ0) is 39.8. The normalized spacial score (nSPS) is 20.0. The molecule has 0 saturated carbocycles. The van der Waals surface area contributed by atoms with Crippen LogP contribution in [0.5, 0.6) is 5.75 Å². The number of piperidine rings is 2. The highest BCUT2D eigenvalue weighted by Gasteiger charge is 2.30. The molecule has 9 rings (SSSR count). The second-order valence-electron chi connectivity index (χ2n) is 16.5. The van der Waals surface area contributed by atoms with Crippen molar-refractivity contribution >= 4 is 34.0 Å². The molecule has 3 fully saturated rings. The molecule has 0 aliphatic carbocycles. The molecule has 1 amide bonds. The maximum Gasteiger partial charge on any atom is 0.254 e. The number of anilines is 3. The first-order chi connectivity index (χ1) is 28.3. The van der Waals surface area contributed by atoms with E-state index in [0.717, 1.165) is 94.0 Å². The van der Waals surface area contributed by atoms with Gasteiger partial charge in [-0.1, -0.05) is 36.4 Å². The number of fused-ring (bicyclic) bond motifs is 1. The molecule has 0 spiro atoms. The van der Waals surface area contributed by atoms with Crippen LogP contribution >= 0.6 is 0 Å². The number of nitrogens with zero attached hydrogens (tertiary/aromatic N) is 7. The van der Waals surface area contributed by atoms with Crippen LogP contribution in [0.2, 0.25) is 0 Å². The number of nitrogens with one attached hydrogen (secondary N) is 1. The number of phenols is 1. The molecule has 12 heteroatoms. The number of aryl methyl sites for hydroxylation is 2. The maximum absolute atomic E-state index is 13.9. The van der Waals surface area contributed by atoms with E-state index in [2.05, 4.69) is 89.2 Å². The SMILES string of the molecule is Cc1cc([C@H]2CN(c3cc(-c4ccccc4O)nnc3N)CCO2)ccc1C(=O)N1CCC(CN2CCC(n3c(C)cc4c(N5C=CCNC5)cccc43)CC2)CC1. The summed E-state index contributed by atoms with van der Waals surface area (Å²) in [6.45, 7) is 12.7. The number of aromatic hydroxyl groups is 1. The van der Waals surface area contributed by atoms with Crippen molar-refractivity contribution in [1.29, 1.82) is 0 Å². The van der Waals surface area contributed by atoms with E-state index in [1.807, 2.05) is 37.3 Å². The minimum absolute atomic E-state index is 0.117. The number of hydrogen-bond acceptors (Lipinski definition) is 10. The highest BCUT2D eigenvalue weighted by atomic mass is 16.5. The molecule has 58 heavy (non-hydrogen) atoms. The lowest BCUT2D eigenvalue weighted by Crippen LogP contribution is -2.43. The molecule has 3 aromatic carbocycles. The number of aromatic nitrogens is 3. The molecular formula is C46H55N9O3. The number of morpholine rings is 1. The monoisotopic (exact) mass is 781 g/mol. The number of carbonyl (C=O) groups is 1. The van der Waals surface area contributed by atoms with Crippen LogP contribution in [0.4, 0.5) is 17.2 Å². The minimum Gasteiger partial charge on any atom is -0.507 e. The summed E-state index contributed by atoms with van der Waals surface area (Å²) >= 11 is 0. The van der Waals surface area contributed by atoms with E-state index in [-0.39, 0.29) is 17.8 Å². The Morgan fingerprint density at radius 3 is 2.52 bits per heavy atom. The molecule has 1 atom stereocenters. The fourth-order valence-corrected chi connectivity index (χ4v) is 9.65. The number of hydrogen-bond donors (Lipinski definition) is 3. The van der Waals surface area contributed by atoms with E-state index in [0.29, 0.717) is 48.7 Å². The number of carbonyl (C=O) groups excluding carboxylic acids is 1. The van der Waals surface area contributed by atoms with E-state index in [4.69, 9.17) is 10.5 Å². The molecule has 0 radical (unpaired) electrons. The van der Waals surface area contributed by atoms with Gasteiger partial charge in [-0.05, 0) is 99.0 Å². The van der Waals surface area contributed by atoms with Gasteiger partial charge in [0.2, 0.25) is 0 Å². The van der Waals surface area contributed by atoms with Gasteiger partial charge in [-0.2, -0.15) is 0 Å². The number of phenolic OH excluding ortho intramolecular Hbond substituents is 1. The molecule has 12 nitrogen and oxygen atoms in total. The Morgan fingerprint density at radius 2 is 1.74 bits per heavy atom. The van der Waals surface area contributed by atoms with Crippen LogP contribution in [0, 0.1) is 19.8 Å². The maximum atomic E-state index is 13.9. The molecular weight excluding hydrogens is 727 g/mol. The van der Waals surface area contributed by atoms with Crippen LogP contribution in [0.15, 0.2) is 85.1 Å². The van der Waals surface area contributed by atoms with Crippen molar-refractivity contribution in [2.45, 2.75) is 51.7 Å². The van der Waals surface area contributed by atoms with E-state index in [9.17, 15) is 9.90 Å². The number of nitrogen functional groups attached to an aromatic ring is 1. The van der Waals surface area contributed by atoms with Gasteiger partial charge in [-0.25, -0.2) is 0 Å².